The van der Waals surface area contributed by atoms with E-state index in [9.17, 15) is 9.18 Å². The molecule has 1 fully saturated rings. The van der Waals surface area contributed by atoms with Gasteiger partial charge < -0.3 is 10.6 Å². The van der Waals surface area contributed by atoms with Crippen LogP contribution in [-0.4, -0.2) is 29.4 Å². The number of hydrogen-bond donors (Lipinski definition) is 1. The van der Waals surface area contributed by atoms with Crippen molar-refractivity contribution in [3.63, 3.8) is 0 Å². The molecule has 1 aliphatic rings. The Kier molecular flexibility index (Phi) is 5.37. The van der Waals surface area contributed by atoms with E-state index in [0.29, 0.717) is 15.7 Å². The lowest BCUT2D eigenvalue weighted by atomic mass is 9.90. The van der Waals surface area contributed by atoms with Crippen LogP contribution in [0, 0.1) is 9.39 Å². The number of nitrogens with two attached hydrogens (primary N) is 1. The molecular formula is C15H20FIN2O. The van der Waals surface area contributed by atoms with Gasteiger partial charge in [0.25, 0.3) is 5.91 Å². The molecule has 0 bridgehead atoms. The van der Waals surface area contributed by atoms with Crippen molar-refractivity contribution in [3.05, 3.63) is 33.1 Å². The van der Waals surface area contributed by atoms with Crippen LogP contribution in [0.15, 0.2) is 18.2 Å². The Bertz CT molecular complexity index is 487. The van der Waals surface area contributed by atoms with E-state index in [-0.39, 0.29) is 23.8 Å². The Hall–Kier alpha value is -0.690. The minimum Gasteiger partial charge on any atom is -0.336 e. The molecule has 1 amide bonds. The molecule has 0 unspecified atom stereocenters. The second kappa shape index (κ2) is 6.85. The highest BCUT2D eigenvalue weighted by molar-refractivity contribution is 14.1. The van der Waals surface area contributed by atoms with E-state index in [2.05, 4.69) is 0 Å². The van der Waals surface area contributed by atoms with Gasteiger partial charge in [0.05, 0.1) is 5.56 Å². The van der Waals surface area contributed by atoms with Gasteiger partial charge in [0.2, 0.25) is 0 Å². The topological polar surface area (TPSA) is 46.3 Å². The average Bonchev–Trinajstić information content (AvgIpc) is 2.41. The molecular weight excluding hydrogens is 370 g/mol. The number of nitrogens with zero attached hydrogens (tertiary/aromatic N) is 1. The van der Waals surface area contributed by atoms with Gasteiger partial charge in [0.1, 0.15) is 5.82 Å². The van der Waals surface area contributed by atoms with Crippen LogP contribution in [-0.2, 0) is 0 Å². The van der Waals surface area contributed by atoms with Crippen molar-refractivity contribution in [1.29, 1.82) is 0 Å². The van der Waals surface area contributed by atoms with Gasteiger partial charge in [-0.15, -0.1) is 0 Å². The summed E-state index contributed by atoms with van der Waals surface area (Å²) in [6, 6.07) is 4.86. The SMILES string of the molecule is CCN(C(=O)c1ccc(F)cc1I)C1CCC(N)CC1. The molecule has 20 heavy (non-hydrogen) atoms. The summed E-state index contributed by atoms with van der Waals surface area (Å²) >= 11 is 2.02. The minimum atomic E-state index is -0.308. The smallest absolute Gasteiger partial charge is 0.255 e. The fourth-order valence-electron chi connectivity index (χ4n) is 2.80. The average molecular weight is 390 g/mol. The van der Waals surface area contributed by atoms with Crippen LogP contribution in [0.3, 0.4) is 0 Å². The molecule has 1 aromatic rings. The van der Waals surface area contributed by atoms with Gasteiger partial charge in [-0.3, -0.25) is 4.79 Å². The second-order valence-electron chi connectivity index (χ2n) is 5.28. The van der Waals surface area contributed by atoms with Crippen molar-refractivity contribution in [1.82, 2.24) is 4.90 Å². The number of hydrogen-bond acceptors (Lipinski definition) is 2. The van der Waals surface area contributed by atoms with Crippen molar-refractivity contribution in [2.24, 2.45) is 5.73 Å². The Morgan fingerprint density at radius 3 is 2.60 bits per heavy atom. The summed E-state index contributed by atoms with van der Waals surface area (Å²) in [5.74, 6) is -0.310. The van der Waals surface area contributed by atoms with Crippen LogP contribution in [0.2, 0.25) is 0 Å². The third-order valence-corrected chi connectivity index (χ3v) is 4.84. The third kappa shape index (κ3) is 3.49. The Labute approximate surface area is 132 Å². The van der Waals surface area contributed by atoms with E-state index in [4.69, 9.17) is 5.73 Å². The highest BCUT2D eigenvalue weighted by atomic mass is 127. The molecule has 0 aromatic heterocycles. The molecule has 5 heteroatoms. The van der Waals surface area contributed by atoms with Crippen LogP contribution in [0.4, 0.5) is 4.39 Å². The van der Waals surface area contributed by atoms with Gasteiger partial charge in [0.15, 0.2) is 0 Å². The second-order valence-corrected chi connectivity index (χ2v) is 6.45. The molecule has 2 rings (SSSR count). The summed E-state index contributed by atoms with van der Waals surface area (Å²) in [5, 5.41) is 0. The normalized spacial score (nSPS) is 22.6. The predicted octanol–water partition coefficient (Wildman–Crippen LogP) is 3.16. The molecule has 0 aliphatic heterocycles. The van der Waals surface area contributed by atoms with Gasteiger partial charge in [-0.2, -0.15) is 0 Å². The minimum absolute atomic E-state index is 0.00243. The maximum absolute atomic E-state index is 13.1. The third-order valence-electron chi connectivity index (χ3n) is 3.95. The molecule has 1 aromatic carbocycles. The summed E-state index contributed by atoms with van der Waals surface area (Å²) in [4.78, 5) is 14.6. The highest BCUT2D eigenvalue weighted by Crippen LogP contribution is 2.25. The summed E-state index contributed by atoms with van der Waals surface area (Å²) in [7, 11) is 0. The molecule has 1 saturated carbocycles. The molecule has 0 spiro atoms. The number of halogens is 2. The lowest BCUT2D eigenvalue weighted by Crippen LogP contribution is -2.44. The fourth-order valence-corrected chi connectivity index (χ4v) is 3.51. The van der Waals surface area contributed by atoms with Crippen molar-refractivity contribution >= 4 is 28.5 Å². The lowest BCUT2D eigenvalue weighted by Gasteiger charge is -2.35. The Morgan fingerprint density at radius 1 is 1.40 bits per heavy atom. The van der Waals surface area contributed by atoms with E-state index < -0.39 is 0 Å². The van der Waals surface area contributed by atoms with Crippen LogP contribution in [0.1, 0.15) is 43.0 Å². The molecule has 3 nitrogen and oxygen atoms in total. The van der Waals surface area contributed by atoms with Crippen LogP contribution < -0.4 is 5.73 Å². The van der Waals surface area contributed by atoms with Gasteiger partial charge in [-0.25, -0.2) is 4.39 Å². The van der Waals surface area contributed by atoms with Crippen LogP contribution in [0.25, 0.3) is 0 Å². The largest absolute Gasteiger partial charge is 0.336 e. The van der Waals surface area contributed by atoms with Gasteiger partial charge in [0, 0.05) is 22.2 Å². The van der Waals surface area contributed by atoms with Crippen molar-refractivity contribution in [2.45, 2.75) is 44.7 Å². The summed E-state index contributed by atoms with van der Waals surface area (Å²) < 4.78 is 13.8. The number of benzene rings is 1. The van der Waals surface area contributed by atoms with E-state index in [1.54, 1.807) is 6.07 Å². The van der Waals surface area contributed by atoms with Crippen molar-refractivity contribution < 1.29 is 9.18 Å². The monoisotopic (exact) mass is 390 g/mol. The zero-order chi connectivity index (χ0) is 14.7. The highest BCUT2D eigenvalue weighted by Gasteiger charge is 2.28. The van der Waals surface area contributed by atoms with E-state index in [1.807, 2.05) is 34.4 Å². The van der Waals surface area contributed by atoms with E-state index >= 15 is 0 Å². The standard InChI is InChI=1S/C15H20FIN2O/c1-2-19(12-6-4-11(18)5-7-12)15(20)13-8-3-10(16)9-14(13)17/h3,8-9,11-12H,2,4-7,18H2,1H3. The zero-order valence-electron chi connectivity index (χ0n) is 11.6. The molecule has 0 saturated heterocycles. The first-order valence-corrected chi connectivity index (χ1v) is 8.12. The molecule has 2 N–H and O–H groups in total. The molecule has 0 heterocycles. The number of carbonyl (C=O) groups excluding carboxylic acids is 1. The Balaban J connectivity index is 2.16. The molecule has 0 atom stereocenters. The quantitative estimate of drug-likeness (QED) is 0.807. The molecule has 0 radical (unpaired) electrons. The van der Waals surface area contributed by atoms with E-state index in [0.717, 1.165) is 25.7 Å². The van der Waals surface area contributed by atoms with Crippen molar-refractivity contribution in [3.8, 4) is 0 Å². The zero-order valence-corrected chi connectivity index (χ0v) is 13.8. The number of amides is 1. The first kappa shape index (κ1) is 15.7. The summed E-state index contributed by atoms with van der Waals surface area (Å²) in [6.07, 6.45) is 3.85. The fraction of sp³-hybridized carbons (Fsp3) is 0.533. The first-order chi connectivity index (χ1) is 9.52. The first-order valence-electron chi connectivity index (χ1n) is 7.04. The van der Waals surface area contributed by atoms with Crippen molar-refractivity contribution in [2.75, 3.05) is 6.54 Å². The van der Waals surface area contributed by atoms with Gasteiger partial charge >= 0.3 is 0 Å². The summed E-state index contributed by atoms with van der Waals surface area (Å²) in [6.45, 7) is 2.66. The maximum atomic E-state index is 13.1. The lowest BCUT2D eigenvalue weighted by molar-refractivity contribution is 0.0639. The van der Waals surface area contributed by atoms with Gasteiger partial charge in [-0.1, -0.05) is 0 Å². The maximum Gasteiger partial charge on any atom is 0.255 e. The molecule has 1 aliphatic carbocycles. The van der Waals surface area contributed by atoms with Crippen LogP contribution in [0.5, 0.6) is 0 Å². The number of rotatable bonds is 3. The predicted molar refractivity (Wildman–Crippen MR) is 86.1 cm³/mol. The van der Waals surface area contributed by atoms with E-state index in [1.165, 1.54) is 12.1 Å². The van der Waals surface area contributed by atoms with Gasteiger partial charge in [-0.05, 0) is 73.4 Å². The number of carbonyl (C=O) groups is 1. The molecule has 110 valence electrons. The Morgan fingerprint density at radius 2 is 2.05 bits per heavy atom. The summed E-state index contributed by atoms with van der Waals surface area (Å²) in [5.41, 5.74) is 6.51. The van der Waals surface area contributed by atoms with Crippen LogP contribution >= 0.6 is 22.6 Å².